The molecule has 0 unspecified atom stereocenters. The van der Waals surface area contributed by atoms with Crippen LogP contribution in [-0.4, -0.2) is 37.7 Å². The van der Waals surface area contributed by atoms with Gasteiger partial charge in [0.25, 0.3) is 11.8 Å². The number of ether oxygens (including phenoxy) is 2. The third-order valence-corrected chi connectivity index (χ3v) is 5.55. The molecule has 0 aliphatic heterocycles. The van der Waals surface area contributed by atoms with Gasteiger partial charge in [0.2, 0.25) is 0 Å². The van der Waals surface area contributed by atoms with Gasteiger partial charge < -0.3 is 14.8 Å². The quantitative estimate of drug-likeness (QED) is 0.141. The van der Waals surface area contributed by atoms with Crippen LogP contribution in [-0.2, 0) is 4.79 Å². The lowest BCUT2D eigenvalue weighted by atomic mass is 10.1. The fourth-order valence-corrected chi connectivity index (χ4v) is 3.45. The number of benzene rings is 3. The van der Waals surface area contributed by atoms with Crippen LogP contribution in [0.3, 0.4) is 0 Å². The van der Waals surface area contributed by atoms with Gasteiger partial charge in [-0.1, -0.05) is 29.8 Å². The Morgan fingerprint density at radius 2 is 1.74 bits per heavy atom. The number of rotatable bonds is 8. The molecule has 2 amide bonds. The number of halogens is 1. The summed E-state index contributed by atoms with van der Waals surface area (Å²) < 4.78 is 11.5. The second kappa shape index (κ2) is 11.9. The topological polar surface area (TPSA) is 106 Å². The van der Waals surface area contributed by atoms with Crippen LogP contribution in [0.2, 0.25) is 0 Å². The normalized spacial score (nSPS) is 10.6. The lowest BCUT2D eigenvalue weighted by molar-refractivity contribution is -0.120. The molecule has 0 bridgehead atoms. The predicted octanol–water partition coefficient (Wildman–Crippen LogP) is 3.71. The van der Waals surface area contributed by atoms with Gasteiger partial charge >= 0.3 is 5.97 Å². The van der Waals surface area contributed by atoms with E-state index in [-0.39, 0.29) is 18.2 Å². The molecule has 2 N–H and O–H groups in total. The number of aryl methyl sites for hydroxylation is 1. The Morgan fingerprint density at radius 3 is 2.44 bits per heavy atom. The highest BCUT2D eigenvalue weighted by Gasteiger charge is 2.13. The van der Waals surface area contributed by atoms with Gasteiger partial charge in [-0.25, -0.2) is 10.2 Å². The van der Waals surface area contributed by atoms with Crippen LogP contribution in [0.25, 0.3) is 0 Å². The Labute approximate surface area is 210 Å². The van der Waals surface area contributed by atoms with Crippen LogP contribution >= 0.6 is 22.6 Å². The Hall–Kier alpha value is -3.73. The molecular weight excluding hydrogens is 549 g/mol. The monoisotopic (exact) mass is 571 g/mol. The number of hydrogen-bond acceptors (Lipinski definition) is 6. The zero-order valence-electron chi connectivity index (χ0n) is 18.5. The van der Waals surface area contributed by atoms with Crippen LogP contribution < -0.4 is 20.2 Å². The van der Waals surface area contributed by atoms with Gasteiger partial charge in [0.05, 0.1) is 31.0 Å². The van der Waals surface area contributed by atoms with Gasteiger partial charge in [-0.3, -0.25) is 9.59 Å². The van der Waals surface area contributed by atoms with Crippen LogP contribution in [0, 0.1) is 10.5 Å². The van der Waals surface area contributed by atoms with E-state index in [1.54, 1.807) is 42.5 Å². The van der Waals surface area contributed by atoms with E-state index in [0.717, 1.165) is 9.13 Å². The average molecular weight is 571 g/mol. The van der Waals surface area contributed by atoms with Crippen molar-refractivity contribution in [1.82, 2.24) is 10.7 Å². The van der Waals surface area contributed by atoms with Crippen molar-refractivity contribution in [2.24, 2.45) is 5.10 Å². The van der Waals surface area contributed by atoms with E-state index in [1.807, 2.05) is 31.2 Å². The summed E-state index contributed by atoms with van der Waals surface area (Å²) in [5.74, 6) is -0.733. The Kier molecular flexibility index (Phi) is 8.74. The zero-order chi connectivity index (χ0) is 24.5. The van der Waals surface area contributed by atoms with Gasteiger partial charge in [0.15, 0.2) is 11.5 Å². The Morgan fingerprint density at radius 1 is 1.00 bits per heavy atom. The fourth-order valence-electron chi connectivity index (χ4n) is 2.82. The molecule has 34 heavy (non-hydrogen) atoms. The molecule has 0 radical (unpaired) electrons. The Bertz CT molecular complexity index is 1230. The highest BCUT2D eigenvalue weighted by atomic mass is 127. The predicted molar refractivity (Wildman–Crippen MR) is 136 cm³/mol. The molecule has 3 rings (SSSR count). The molecule has 3 aromatic carbocycles. The van der Waals surface area contributed by atoms with Crippen molar-refractivity contribution >= 4 is 46.6 Å². The minimum Gasteiger partial charge on any atom is -0.493 e. The maximum Gasteiger partial charge on any atom is 0.343 e. The molecule has 0 aliphatic carbocycles. The first-order valence-corrected chi connectivity index (χ1v) is 11.3. The SMILES string of the molecule is COc1cc(/C=N\NC(=O)CNC(=O)c2ccccc2I)ccc1OC(=O)c1ccc(C)cc1. The summed E-state index contributed by atoms with van der Waals surface area (Å²) in [5, 5.41) is 6.44. The number of nitrogens with one attached hydrogen (secondary N) is 2. The molecule has 0 aromatic heterocycles. The summed E-state index contributed by atoms with van der Waals surface area (Å²) in [7, 11) is 1.46. The smallest absolute Gasteiger partial charge is 0.343 e. The van der Waals surface area contributed by atoms with Gasteiger partial charge in [0, 0.05) is 3.57 Å². The molecule has 0 aliphatic rings. The number of hydrogen-bond donors (Lipinski definition) is 2. The summed E-state index contributed by atoms with van der Waals surface area (Å²) in [5.41, 5.74) is 4.92. The highest BCUT2D eigenvalue weighted by Crippen LogP contribution is 2.28. The minimum absolute atomic E-state index is 0.224. The summed E-state index contributed by atoms with van der Waals surface area (Å²) in [6.07, 6.45) is 1.41. The number of esters is 1. The minimum atomic E-state index is -0.501. The van der Waals surface area contributed by atoms with E-state index in [0.29, 0.717) is 22.4 Å². The summed E-state index contributed by atoms with van der Waals surface area (Å²) in [4.78, 5) is 36.5. The van der Waals surface area contributed by atoms with Gasteiger partial charge in [-0.05, 0) is 77.5 Å². The number of carbonyl (C=O) groups excluding carboxylic acids is 3. The van der Waals surface area contributed by atoms with Crippen molar-refractivity contribution in [3.63, 3.8) is 0 Å². The molecule has 0 saturated heterocycles. The highest BCUT2D eigenvalue weighted by molar-refractivity contribution is 14.1. The zero-order valence-corrected chi connectivity index (χ0v) is 20.7. The third kappa shape index (κ3) is 6.88. The number of nitrogens with zero attached hydrogens (tertiary/aromatic N) is 1. The first kappa shape index (κ1) is 24.9. The van der Waals surface area contributed by atoms with Crippen LogP contribution in [0.1, 0.15) is 31.8 Å². The summed E-state index contributed by atoms with van der Waals surface area (Å²) in [6.45, 7) is 1.71. The average Bonchev–Trinajstić information content (AvgIpc) is 2.84. The molecule has 9 heteroatoms. The summed E-state index contributed by atoms with van der Waals surface area (Å²) >= 11 is 2.06. The van der Waals surface area contributed by atoms with E-state index in [9.17, 15) is 14.4 Å². The van der Waals surface area contributed by atoms with E-state index in [1.165, 1.54) is 13.3 Å². The maximum absolute atomic E-state index is 12.4. The van der Waals surface area contributed by atoms with Crippen molar-refractivity contribution < 1.29 is 23.9 Å². The standard InChI is InChI=1S/C25H22IN3O5/c1-16-7-10-18(11-8-16)25(32)34-21-12-9-17(13-22(21)33-2)14-28-29-23(30)15-27-24(31)19-5-3-4-6-20(19)26/h3-14H,15H2,1-2H3,(H,27,31)(H,29,30)/b28-14-. The van der Waals surface area contributed by atoms with Gasteiger partial charge in [0.1, 0.15) is 0 Å². The molecule has 0 heterocycles. The molecule has 8 nitrogen and oxygen atoms in total. The second-order valence-electron chi connectivity index (χ2n) is 7.12. The molecule has 0 atom stereocenters. The number of methoxy groups -OCH3 is 1. The summed E-state index contributed by atoms with van der Waals surface area (Å²) in [6, 6.07) is 19.0. The number of hydrazone groups is 1. The van der Waals surface area contributed by atoms with E-state index in [2.05, 4.69) is 38.4 Å². The molecule has 0 fully saturated rings. The third-order valence-electron chi connectivity index (χ3n) is 4.61. The van der Waals surface area contributed by atoms with Crippen molar-refractivity contribution in [2.45, 2.75) is 6.92 Å². The molecule has 3 aromatic rings. The van der Waals surface area contributed by atoms with Crippen LogP contribution in [0.4, 0.5) is 0 Å². The first-order chi connectivity index (χ1) is 16.4. The fraction of sp³-hybridized carbons (Fsp3) is 0.120. The van der Waals surface area contributed by atoms with E-state index in [4.69, 9.17) is 9.47 Å². The van der Waals surface area contributed by atoms with Crippen molar-refractivity contribution in [3.8, 4) is 11.5 Å². The van der Waals surface area contributed by atoms with Crippen molar-refractivity contribution in [3.05, 3.63) is 92.6 Å². The van der Waals surface area contributed by atoms with Gasteiger partial charge in [-0.2, -0.15) is 5.10 Å². The first-order valence-electron chi connectivity index (χ1n) is 10.2. The maximum atomic E-state index is 12.4. The largest absolute Gasteiger partial charge is 0.493 e. The Balaban J connectivity index is 1.54. The lowest BCUT2D eigenvalue weighted by Crippen LogP contribution is -2.35. The lowest BCUT2D eigenvalue weighted by Gasteiger charge is -2.10. The molecular formula is C25H22IN3O5. The second-order valence-corrected chi connectivity index (χ2v) is 8.28. The van der Waals surface area contributed by atoms with Crippen molar-refractivity contribution in [1.29, 1.82) is 0 Å². The van der Waals surface area contributed by atoms with Crippen molar-refractivity contribution in [2.75, 3.05) is 13.7 Å². The van der Waals surface area contributed by atoms with Crippen LogP contribution in [0.15, 0.2) is 71.8 Å². The molecule has 0 saturated carbocycles. The number of carbonyl (C=O) groups is 3. The van der Waals surface area contributed by atoms with E-state index >= 15 is 0 Å². The van der Waals surface area contributed by atoms with E-state index < -0.39 is 11.9 Å². The number of amides is 2. The van der Waals surface area contributed by atoms with Gasteiger partial charge in [-0.15, -0.1) is 0 Å². The molecule has 0 spiro atoms. The van der Waals surface area contributed by atoms with Crippen LogP contribution in [0.5, 0.6) is 11.5 Å². The molecule has 174 valence electrons.